The van der Waals surface area contributed by atoms with Crippen LogP contribution in [-0.4, -0.2) is 21.8 Å². The van der Waals surface area contributed by atoms with E-state index in [1.54, 1.807) is 0 Å². The first kappa shape index (κ1) is 9.74. The predicted molar refractivity (Wildman–Crippen MR) is 53.1 cm³/mol. The Kier molecular flexibility index (Phi) is 3.75. The Labute approximate surface area is 81.7 Å². The first-order valence-corrected chi connectivity index (χ1v) is 5.13. The molecule has 0 saturated carbocycles. The van der Waals surface area contributed by atoms with E-state index in [1.165, 1.54) is 0 Å². The van der Waals surface area contributed by atoms with Crippen LogP contribution in [0.2, 0.25) is 5.15 Å². The first-order chi connectivity index (χ1) is 5.79. The van der Waals surface area contributed by atoms with Gasteiger partial charge >= 0.3 is 0 Å². The van der Waals surface area contributed by atoms with Crippen LogP contribution >= 0.6 is 23.3 Å². The van der Waals surface area contributed by atoms with E-state index in [-0.39, 0.29) is 0 Å². The van der Waals surface area contributed by atoms with Gasteiger partial charge in [0.2, 0.25) is 0 Å². The third-order valence-electron chi connectivity index (χ3n) is 1.61. The normalized spacial score (nSPS) is 10.2. The summed E-state index contributed by atoms with van der Waals surface area (Å²) in [4.78, 5) is 2.13. The van der Waals surface area contributed by atoms with E-state index >= 15 is 0 Å². The second kappa shape index (κ2) is 4.62. The molecule has 0 fully saturated rings. The molecule has 0 atom stereocenters. The number of halogens is 1. The van der Waals surface area contributed by atoms with Crippen LogP contribution in [0.15, 0.2) is 0 Å². The molecule has 0 radical (unpaired) electrons. The number of aromatic nitrogens is 2. The highest BCUT2D eigenvalue weighted by Crippen LogP contribution is 2.22. The Morgan fingerprint density at radius 2 is 2.17 bits per heavy atom. The molecule has 0 aliphatic rings. The van der Waals surface area contributed by atoms with E-state index in [9.17, 15) is 0 Å². The molecular weight excluding hydrogens is 194 g/mol. The standard InChI is InChI=1S/C7H12ClN3S/c1-3-5-11(4-2)7-6(8)9-12-10-7/h3-5H2,1-2H3. The third kappa shape index (κ3) is 2.08. The van der Waals surface area contributed by atoms with Crippen LogP contribution in [0.3, 0.4) is 0 Å². The number of hydrogen-bond acceptors (Lipinski definition) is 4. The second-order valence-electron chi connectivity index (χ2n) is 2.46. The summed E-state index contributed by atoms with van der Waals surface area (Å²) in [5, 5.41) is 0.523. The quantitative estimate of drug-likeness (QED) is 0.756. The zero-order chi connectivity index (χ0) is 8.97. The minimum Gasteiger partial charge on any atom is -0.353 e. The summed E-state index contributed by atoms with van der Waals surface area (Å²) in [5.41, 5.74) is 0. The fourth-order valence-corrected chi connectivity index (χ4v) is 1.82. The van der Waals surface area contributed by atoms with Crippen molar-refractivity contribution in [2.75, 3.05) is 18.0 Å². The fourth-order valence-electron chi connectivity index (χ4n) is 1.05. The molecule has 0 amide bonds. The molecule has 68 valence electrons. The molecule has 0 spiro atoms. The predicted octanol–water partition coefficient (Wildman–Crippen LogP) is 2.43. The van der Waals surface area contributed by atoms with Crippen molar-refractivity contribution >= 4 is 29.1 Å². The maximum atomic E-state index is 5.84. The molecule has 0 N–H and O–H groups in total. The van der Waals surface area contributed by atoms with Gasteiger partial charge in [0.25, 0.3) is 0 Å². The van der Waals surface area contributed by atoms with Crippen LogP contribution < -0.4 is 4.90 Å². The topological polar surface area (TPSA) is 29.0 Å². The van der Waals surface area contributed by atoms with Gasteiger partial charge in [-0.3, -0.25) is 0 Å². The molecule has 0 saturated heterocycles. The Hall–Kier alpha value is -0.350. The smallest absolute Gasteiger partial charge is 0.187 e. The van der Waals surface area contributed by atoms with Crippen molar-refractivity contribution in [3.8, 4) is 0 Å². The lowest BCUT2D eigenvalue weighted by Gasteiger charge is -2.18. The van der Waals surface area contributed by atoms with E-state index in [2.05, 4.69) is 27.5 Å². The fraction of sp³-hybridized carbons (Fsp3) is 0.714. The largest absolute Gasteiger partial charge is 0.353 e. The molecule has 1 heterocycles. The van der Waals surface area contributed by atoms with Gasteiger partial charge < -0.3 is 4.90 Å². The molecule has 0 aliphatic carbocycles. The van der Waals surface area contributed by atoms with Crippen molar-refractivity contribution < 1.29 is 0 Å². The summed E-state index contributed by atoms with van der Waals surface area (Å²) in [6.07, 6.45) is 1.10. The Morgan fingerprint density at radius 3 is 2.58 bits per heavy atom. The van der Waals surface area contributed by atoms with Gasteiger partial charge in [-0.1, -0.05) is 18.5 Å². The summed E-state index contributed by atoms with van der Waals surface area (Å²) >= 11 is 7.01. The van der Waals surface area contributed by atoms with Gasteiger partial charge in [-0.05, 0) is 13.3 Å². The SMILES string of the molecule is CCCN(CC)c1nsnc1Cl. The Morgan fingerprint density at radius 1 is 1.42 bits per heavy atom. The summed E-state index contributed by atoms with van der Waals surface area (Å²) in [5.74, 6) is 0.825. The number of nitrogens with zero attached hydrogens (tertiary/aromatic N) is 3. The average Bonchev–Trinajstić information content (AvgIpc) is 2.47. The highest BCUT2D eigenvalue weighted by atomic mass is 35.5. The van der Waals surface area contributed by atoms with Crippen LogP contribution in [0.25, 0.3) is 0 Å². The van der Waals surface area contributed by atoms with Crippen LogP contribution in [0.1, 0.15) is 20.3 Å². The monoisotopic (exact) mass is 205 g/mol. The van der Waals surface area contributed by atoms with Gasteiger partial charge in [0, 0.05) is 13.1 Å². The molecule has 0 bridgehead atoms. The Bertz CT molecular complexity index is 238. The van der Waals surface area contributed by atoms with Gasteiger partial charge in [0.1, 0.15) is 0 Å². The van der Waals surface area contributed by atoms with Gasteiger partial charge in [0.05, 0.1) is 11.7 Å². The van der Waals surface area contributed by atoms with Crippen LogP contribution in [-0.2, 0) is 0 Å². The minimum atomic E-state index is 0.523. The zero-order valence-electron chi connectivity index (χ0n) is 7.25. The van der Waals surface area contributed by atoms with Crippen molar-refractivity contribution in [1.82, 2.24) is 8.75 Å². The molecule has 5 heteroatoms. The van der Waals surface area contributed by atoms with E-state index in [0.29, 0.717) is 5.15 Å². The molecule has 12 heavy (non-hydrogen) atoms. The van der Waals surface area contributed by atoms with E-state index < -0.39 is 0 Å². The third-order valence-corrected chi connectivity index (χ3v) is 2.48. The van der Waals surface area contributed by atoms with Gasteiger partial charge in [-0.2, -0.15) is 8.75 Å². The van der Waals surface area contributed by atoms with Gasteiger partial charge in [0.15, 0.2) is 11.0 Å². The number of rotatable bonds is 4. The average molecular weight is 206 g/mol. The molecule has 0 unspecified atom stereocenters. The van der Waals surface area contributed by atoms with Crippen LogP contribution in [0, 0.1) is 0 Å². The van der Waals surface area contributed by atoms with E-state index in [0.717, 1.165) is 37.1 Å². The summed E-state index contributed by atoms with van der Waals surface area (Å²) < 4.78 is 8.05. The molecule has 1 rings (SSSR count). The van der Waals surface area contributed by atoms with Crippen molar-refractivity contribution in [3.63, 3.8) is 0 Å². The lowest BCUT2D eigenvalue weighted by Crippen LogP contribution is -2.23. The van der Waals surface area contributed by atoms with Crippen molar-refractivity contribution in [2.45, 2.75) is 20.3 Å². The maximum Gasteiger partial charge on any atom is 0.187 e. The molecule has 3 nitrogen and oxygen atoms in total. The Balaban J connectivity index is 2.72. The lowest BCUT2D eigenvalue weighted by atomic mass is 10.4. The highest BCUT2D eigenvalue weighted by Gasteiger charge is 2.11. The van der Waals surface area contributed by atoms with E-state index in [1.807, 2.05) is 0 Å². The molecular formula is C7H12ClN3S. The van der Waals surface area contributed by atoms with Crippen LogP contribution in [0.4, 0.5) is 5.82 Å². The maximum absolute atomic E-state index is 5.84. The summed E-state index contributed by atoms with van der Waals surface area (Å²) in [6, 6.07) is 0. The van der Waals surface area contributed by atoms with Gasteiger partial charge in [-0.15, -0.1) is 0 Å². The molecule has 0 aromatic carbocycles. The minimum absolute atomic E-state index is 0.523. The summed E-state index contributed by atoms with van der Waals surface area (Å²) in [6.45, 7) is 6.14. The molecule has 1 aromatic heterocycles. The first-order valence-electron chi connectivity index (χ1n) is 4.02. The summed E-state index contributed by atoms with van der Waals surface area (Å²) in [7, 11) is 0. The van der Waals surface area contributed by atoms with Crippen molar-refractivity contribution in [1.29, 1.82) is 0 Å². The van der Waals surface area contributed by atoms with Crippen LogP contribution in [0.5, 0.6) is 0 Å². The molecule has 1 aromatic rings. The number of hydrogen-bond donors (Lipinski definition) is 0. The van der Waals surface area contributed by atoms with Gasteiger partial charge in [-0.25, -0.2) is 0 Å². The van der Waals surface area contributed by atoms with Crippen molar-refractivity contribution in [3.05, 3.63) is 5.15 Å². The molecule has 0 aliphatic heterocycles. The number of anilines is 1. The zero-order valence-corrected chi connectivity index (χ0v) is 8.82. The van der Waals surface area contributed by atoms with E-state index in [4.69, 9.17) is 11.6 Å². The van der Waals surface area contributed by atoms with Crippen molar-refractivity contribution in [2.24, 2.45) is 0 Å². The highest BCUT2D eigenvalue weighted by molar-refractivity contribution is 6.99. The lowest BCUT2D eigenvalue weighted by molar-refractivity contribution is 0.783. The second-order valence-corrected chi connectivity index (χ2v) is 3.34.